The van der Waals surface area contributed by atoms with Crippen LogP contribution in [0.3, 0.4) is 0 Å². The molecular formula is C9H20N4O2S. The van der Waals surface area contributed by atoms with Gasteiger partial charge in [0.05, 0.1) is 12.3 Å². The minimum atomic E-state index is -3.17. The SMILES string of the molecule is CN(C(N)=NCCS(=O)(=O)N(C)C)C1CC1. The molecule has 0 radical (unpaired) electrons. The Balaban J connectivity index is 2.41. The topological polar surface area (TPSA) is 79.0 Å². The second-order valence-electron chi connectivity index (χ2n) is 4.18. The minimum Gasteiger partial charge on any atom is -0.370 e. The fourth-order valence-electron chi connectivity index (χ4n) is 1.22. The van der Waals surface area contributed by atoms with Crippen molar-refractivity contribution in [2.45, 2.75) is 18.9 Å². The first-order valence-electron chi connectivity index (χ1n) is 5.27. The van der Waals surface area contributed by atoms with Gasteiger partial charge >= 0.3 is 0 Å². The average molecular weight is 248 g/mol. The molecule has 1 fully saturated rings. The lowest BCUT2D eigenvalue weighted by atomic mass is 10.6. The summed E-state index contributed by atoms with van der Waals surface area (Å²) in [5.74, 6) is 0.426. The highest BCUT2D eigenvalue weighted by Crippen LogP contribution is 2.24. The van der Waals surface area contributed by atoms with E-state index in [0.717, 1.165) is 12.8 Å². The van der Waals surface area contributed by atoms with Crippen LogP contribution in [-0.2, 0) is 10.0 Å². The van der Waals surface area contributed by atoms with Gasteiger partial charge in [-0.2, -0.15) is 0 Å². The van der Waals surface area contributed by atoms with Crippen molar-refractivity contribution in [1.82, 2.24) is 9.21 Å². The van der Waals surface area contributed by atoms with Gasteiger partial charge in [0.2, 0.25) is 10.0 Å². The van der Waals surface area contributed by atoms with Crippen LogP contribution in [0.15, 0.2) is 4.99 Å². The fourth-order valence-corrected chi connectivity index (χ4v) is 1.91. The zero-order valence-electron chi connectivity index (χ0n) is 10.0. The zero-order valence-corrected chi connectivity index (χ0v) is 10.9. The van der Waals surface area contributed by atoms with Crippen molar-refractivity contribution in [3.05, 3.63) is 0 Å². The third-order valence-corrected chi connectivity index (χ3v) is 4.45. The van der Waals surface area contributed by atoms with E-state index in [4.69, 9.17) is 5.73 Å². The van der Waals surface area contributed by atoms with Crippen molar-refractivity contribution in [2.24, 2.45) is 10.7 Å². The molecule has 0 aliphatic heterocycles. The Morgan fingerprint density at radius 1 is 1.38 bits per heavy atom. The Bertz CT molecular complexity index is 360. The monoisotopic (exact) mass is 248 g/mol. The van der Waals surface area contributed by atoms with E-state index in [9.17, 15) is 8.42 Å². The summed E-state index contributed by atoms with van der Waals surface area (Å²) >= 11 is 0. The molecule has 6 nitrogen and oxygen atoms in total. The highest BCUT2D eigenvalue weighted by molar-refractivity contribution is 7.89. The molecule has 0 bridgehead atoms. The summed E-state index contributed by atoms with van der Waals surface area (Å²) < 4.78 is 24.1. The lowest BCUT2D eigenvalue weighted by molar-refractivity contribution is 0.487. The molecule has 1 aliphatic carbocycles. The molecule has 0 unspecified atom stereocenters. The number of aliphatic imine (C=N–C) groups is 1. The zero-order chi connectivity index (χ0) is 12.3. The predicted octanol–water partition coefficient (Wildman–Crippen LogP) is -0.713. The Hall–Kier alpha value is -0.820. The van der Waals surface area contributed by atoms with Crippen LogP contribution in [0.1, 0.15) is 12.8 Å². The average Bonchev–Trinajstić information content (AvgIpc) is 2.99. The quantitative estimate of drug-likeness (QED) is 0.515. The van der Waals surface area contributed by atoms with Gasteiger partial charge in [-0.15, -0.1) is 0 Å². The number of guanidine groups is 1. The first-order chi connectivity index (χ1) is 7.34. The molecule has 0 saturated heterocycles. The van der Waals surface area contributed by atoms with Gasteiger partial charge < -0.3 is 10.6 Å². The van der Waals surface area contributed by atoms with E-state index in [1.165, 1.54) is 18.4 Å². The van der Waals surface area contributed by atoms with Crippen molar-refractivity contribution in [3.8, 4) is 0 Å². The Morgan fingerprint density at radius 3 is 2.38 bits per heavy atom. The van der Waals surface area contributed by atoms with Gasteiger partial charge in [-0.05, 0) is 12.8 Å². The maximum atomic E-state index is 11.4. The first-order valence-corrected chi connectivity index (χ1v) is 6.88. The van der Waals surface area contributed by atoms with Crippen molar-refractivity contribution >= 4 is 16.0 Å². The molecule has 0 amide bonds. The Labute approximate surface area is 97.2 Å². The summed E-state index contributed by atoms with van der Waals surface area (Å²) in [4.78, 5) is 5.97. The number of hydrogen-bond acceptors (Lipinski definition) is 3. The van der Waals surface area contributed by atoms with Gasteiger partial charge in [0.1, 0.15) is 0 Å². The first kappa shape index (κ1) is 13.2. The van der Waals surface area contributed by atoms with Gasteiger partial charge in [-0.25, -0.2) is 12.7 Å². The van der Waals surface area contributed by atoms with Crippen molar-refractivity contribution in [1.29, 1.82) is 0 Å². The van der Waals surface area contributed by atoms with Crippen molar-refractivity contribution in [2.75, 3.05) is 33.4 Å². The second-order valence-corrected chi connectivity index (χ2v) is 6.48. The van der Waals surface area contributed by atoms with Crippen LogP contribution in [-0.4, -0.2) is 63.1 Å². The smallest absolute Gasteiger partial charge is 0.215 e. The van der Waals surface area contributed by atoms with E-state index in [1.807, 2.05) is 11.9 Å². The van der Waals surface area contributed by atoms with E-state index in [0.29, 0.717) is 12.0 Å². The molecule has 0 heterocycles. The molecule has 7 heteroatoms. The van der Waals surface area contributed by atoms with E-state index in [-0.39, 0.29) is 12.3 Å². The lowest BCUT2D eigenvalue weighted by Crippen LogP contribution is -2.36. The van der Waals surface area contributed by atoms with Gasteiger partial charge in [0.15, 0.2) is 5.96 Å². The van der Waals surface area contributed by atoms with E-state index >= 15 is 0 Å². The molecule has 2 N–H and O–H groups in total. The standard InChI is InChI=1S/C9H20N4O2S/c1-12(2)16(14,15)7-6-11-9(10)13(3)8-4-5-8/h8H,4-7H2,1-3H3,(H2,10,11). The van der Waals surface area contributed by atoms with Crippen LogP contribution in [0.2, 0.25) is 0 Å². The number of hydrogen-bond donors (Lipinski definition) is 1. The molecule has 94 valence electrons. The molecule has 16 heavy (non-hydrogen) atoms. The van der Waals surface area contributed by atoms with E-state index < -0.39 is 10.0 Å². The van der Waals surface area contributed by atoms with Gasteiger partial charge in [0.25, 0.3) is 0 Å². The van der Waals surface area contributed by atoms with Crippen molar-refractivity contribution < 1.29 is 8.42 Å². The van der Waals surface area contributed by atoms with Crippen LogP contribution in [0.25, 0.3) is 0 Å². The summed E-state index contributed by atoms with van der Waals surface area (Å²) in [5.41, 5.74) is 5.73. The fraction of sp³-hybridized carbons (Fsp3) is 0.889. The van der Waals surface area contributed by atoms with Crippen LogP contribution in [0.4, 0.5) is 0 Å². The molecule has 0 spiro atoms. The number of sulfonamides is 1. The van der Waals surface area contributed by atoms with Crippen LogP contribution < -0.4 is 5.73 Å². The van der Waals surface area contributed by atoms with Crippen LogP contribution in [0.5, 0.6) is 0 Å². The van der Waals surface area contributed by atoms with Gasteiger partial charge in [-0.3, -0.25) is 4.99 Å². The van der Waals surface area contributed by atoms with E-state index in [1.54, 1.807) is 0 Å². The third-order valence-electron chi connectivity index (χ3n) is 2.64. The molecule has 0 aromatic heterocycles. The number of nitrogens with zero attached hydrogens (tertiary/aromatic N) is 3. The van der Waals surface area contributed by atoms with Gasteiger partial charge in [-0.1, -0.05) is 0 Å². The molecule has 0 aromatic rings. The van der Waals surface area contributed by atoms with Crippen molar-refractivity contribution in [3.63, 3.8) is 0 Å². The highest BCUT2D eigenvalue weighted by Gasteiger charge is 2.27. The third kappa shape index (κ3) is 3.64. The van der Waals surface area contributed by atoms with Crippen LogP contribution >= 0.6 is 0 Å². The Kier molecular flexibility index (Phi) is 4.15. The van der Waals surface area contributed by atoms with Gasteiger partial charge in [0, 0.05) is 27.2 Å². The Morgan fingerprint density at radius 2 is 1.94 bits per heavy atom. The normalized spacial score (nSPS) is 17.9. The molecule has 1 saturated carbocycles. The highest BCUT2D eigenvalue weighted by atomic mass is 32.2. The summed E-state index contributed by atoms with van der Waals surface area (Å²) in [6, 6.07) is 0.495. The summed E-state index contributed by atoms with van der Waals surface area (Å²) in [5, 5.41) is 0. The maximum absolute atomic E-state index is 11.4. The maximum Gasteiger partial charge on any atom is 0.215 e. The predicted molar refractivity (Wildman–Crippen MR) is 64.7 cm³/mol. The summed E-state index contributed by atoms with van der Waals surface area (Å²) in [6.07, 6.45) is 2.28. The lowest BCUT2D eigenvalue weighted by Gasteiger charge is -2.17. The molecular weight excluding hydrogens is 228 g/mol. The van der Waals surface area contributed by atoms with E-state index in [2.05, 4.69) is 4.99 Å². The van der Waals surface area contributed by atoms with Crippen LogP contribution in [0, 0.1) is 0 Å². The minimum absolute atomic E-state index is 0.000787. The summed E-state index contributed by atoms with van der Waals surface area (Å²) in [6.45, 7) is 0.212. The number of rotatable bonds is 5. The summed E-state index contributed by atoms with van der Waals surface area (Å²) in [7, 11) is 1.74. The second kappa shape index (κ2) is 5.01. The molecule has 0 aromatic carbocycles. The largest absolute Gasteiger partial charge is 0.370 e. The molecule has 0 atom stereocenters. The molecule has 1 rings (SSSR count). The number of nitrogens with two attached hydrogens (primary N) is 1. The molecule has 1 aliphatic rings.